The van der Waals surface area contributed by atoms with E-state index in [2.05, 4.69) is 20.5 Å². The number of hydrogen-bond acceptors (Lipinski definition) is 9. The van der Waals surface area contributed by atoms with Crippen molar-refractivity contribution in [1.82, 2.24) is 0 Å². The van der Waals surface area contributed by atoms with Crippen LogP contribution in [0.1, 0.15) is 5.56 Å². The first kappa shape index (κ1) is 25.6. The van der Waals surface area contributed by atoms with Crippen LogP contribution in [-0.4, -0.2) is 27.2 Å². The molecule has 0 aliphatic rings. The van der Waals surface area contributed by atoms with E-state index < -0.39 is 10.1 Å². The molecular weight excluding hydrogens is 443 g/mol. The Labute approximate surface area is 208 Å². The third-order valence-corrected chi connectivity index (χ3v) is 5.05. The van der Waals surface area contributed by atoms with Gasteiger partial charge < -0.3 is 14.0 Å². The second-order valence-corrected chi connectivity index (χ2v) is 7.74. The maximum atomic E-state index is 11.2. The molecule has 160 valence electrons. The molecule has 0 bridgehead atoms. The molecule has 0 fully saturated rings. The summed E-state index contributed by atoms with van der Waals surface area (Å²) in [7, 11) is -1.48. The molecule has 9 nitrogen and oxygen atoms in total. The van der Waals surface area contributed by atoms with Crippen LogP contribution in [0.2, 0.25) is 0 Å². The van der Waals surface area contributed by atoms with E-state index in [1.165, 1.54) is 19.2 Å². The van der Waals surface area contributed by atoms with Gasteiger partial charge in [-0.15, -0.1) is 5.11 Å². The molecule has 0 saturated carbocycles. The number of nitrogens with zero attached hydrogens (tertiary/aromatic N) is 4. The summed E-state index contributed by atoms with van der Waals surface area (Å²) in [4.78, 5) is -0.368. The van der Waals surface area contributed by atoms with Crippen molar-refractivity contribution in [2.75, 3.05) is 14.2 Å². The maximum Gasteiger partial charge on any atom is 1.00 e. The zero-order chi connectivity index (χ0) is 22.4. The number of hydrogen-bond donors (Lipinski definition) is 0. The Bertz CT molecular complexity index is 1250. The van der Waals surface area contributed by atoms with Crippen molar-refractivity contribution in [2.45, 2.75) is 11.8 Å². The van der Waals surface area contributed by atoms with Crippen LogP contribution in [0.25, 0.3) is 0 Å². The van der Waals surface area contributed by atoms with Crippen LogP contribution in [0.4, 0.5) is 22.7 Å². The van der Waals surface area contributed by atoms with E-state index in [0.29, 0.717) is 22.8 Å². The summed E-state index contributed by atoms with van der Waals surface area (Å²) in [5, 5.41) is 16.6. The quantitative estimate of drug-likeness (QED) is 0.303. The molecule has 3 aromatic rings. The van der Waals surface area contributed by atoms with Gasteiger partial charge in [0.25, 0.3) is 0 Å². The van der Waals surface area contributed by atoms with Crippen molar-refractivity contribution in [1.29, 1.82) is 0 Å². The minimum Gasteiger partial charge on any atom is -0.744 e. The molecule has 0 unspecified atom stereocenters. The monoisotopic (exact) mass is 462 g/mol. The predicted octanol–water partition coefficient (Wildman–Crippen LogP) is 2.75. The molecule has 0 amide bonds. The van der Waals surface area contributed by atoms with Crippen molar-refractivity contribution in [2.24, 2.45) is 20.5 Å². The molecule has 3 rings (SSSR count). The number of benzene rings is 3. The Hall–Kier alpha value is -2.63. The first-order valence-electron chi connectivity index (χ1n) is 9.02. The molecule has 32 heavy (non-hydrogen) atoms. The van der Waals surface area contributed by atoms with Crippen molar-refractivity contribution in [3.8, 4) is 11.5 Å². The molecule has 0 aliphatic carbocycles. The minimum absolute atomic E-state index is 0. The Balaban J connectivity index is 0.00000363. The number of ether oxygens (including phenoxy) is 2. The summed E-state index contributed by atoms with van der Waals surface area (Å²) < 4.78 is 44.0. The van der Waals surface area contributed by atoms with Crippen LogP contribution in [0.3, 0.4) is 0 Å². The third kappa shape index (κ3) is 6.68. The number of aryl methyl sites for hydroxylation is 1. The van der Waals surface area contributed by atoms with Crippen molar-refractivity contribution >= 4 is 32.9 Å². The summed E-state index contributed by atoms with van der Waals surface area (Å²) in [6.07, 6.45) is 0. The van der Waals surface area contributed by atoms with E-state index in [0.717, 1.165) is 17.4 Å². The molecule has 0 spiro atoms. The molecule has 0 heterocycles. The minimum atomic E-state index is -4.57. The van der Waals surface area contributed by atoms with Crippen LogP contribution in [0.5, 0.6) is 11.5 Å². The van der Waals surface area contributed by atoms with Crippen molar-refractivity contribution in [3.05, 3.63) is 66.2 Å². The van der Waals surface area contributed by atoms with Gasteiger partial charge in [-0.2, -0.15) is 15.3 Å². The summed E-state index contributed by atoms with van der Waals surface area (Å²) in [5.74, 6) is 1.16. The Morgan fingerprint density at radius 1 is 0.781 bits per heavy atom. The molecule has 0 saturated heterocycles. The van der Waals surface area contributed by atoms with Crippen molar-refractivity contribution in [3.63, 3.8) is 0 Å². The standard InChI is InChI=1S/C21H20N4O5S.Na/c1-14-11-20(25-22-15-7-9-17(29-2)10-8-15)21(30-3)13-19(14)24-23-16-5-4-6-18(12-16)31(26,27)28;/h4-13H,1-3H3,(H,26,27,28);/q;+1/p-1. The fourth-order valence-electron chi connectivity index (χ4n) is 2.58. The topological polar surface area (TPSA) is 125 Å². The van der Waals surface area contributed by atoms with Gasteiger partial charge in [-0.05, 0) is 61.0 Å². The number of rotatable bonds is 7. The summed E-state index contributed by atoms with van der Waals surface area (Å²) >= 11 is 0. The molecule has 0 radical (unpaired) electrons. The van der Waals surface area contributed by atoms with Gasteiger partial charge in [0.2, 0.25) is 0 Å². The van der Waals surface area contributed by atoms with E-state index in [1.54, 1.807) is 49.6 Å². The fourth-order valence-corrected chi connectivity index (χ4v) is 3.10. The number of azo groups is 2. The first-order valence-corrected chi connectivity index (χ1v) is 10.4. The predicted molar refractivity (Wildman–Crippen MR) is 113 cm³/mol. The summed E-state index contributed by atoms with van der Waals surface area (Å²) in [6.45, 7) is 1.82. The Kier molecular flexibility index (Phi) is 9.05. The molecule has 3 aromatic carbocycles. The van der Waals surface area contributed by atoms with E-state index in [4.69, 9.17) is 9.47 Å². The second-order valence-electron chi connectivity index (χ2n) is 6.36. The van der Waals surface area contributed by atoms with Gasteiger partial charge in [0, 0.05) is 6.07 Å². The molecule has 0 aliphatic heterocycles. The summed E-state index contributed by atoms with van der Waals surface area (Å²) in [5.41, 5.74) is 2.64. The smallest absolute Gasteiger partial charge is 0.744 e. The normalized spacial score (nSPS) is 11.5. The SMILES string of the molecule is COc1ccc(N=Nc2cc(C)c(N=Nc3cccc(S(=O)(=O)[O-])c3)cc2OC)cc1.[Na+]. The van der Waals surface area contributed by atoms with Crippen LogP contribution < -0.4 is 39.0 Å². The molecule has 0 aromatic heterocycles. The van der Waals surface area contributed by atoms with Crippen molar-refractivity contribution < 1.29 is 52.0 Å². The maximum absolute atomic E-state index is 11.2. The van der Waals surface area contributed by atoms with Gasteiger partial charge in [-0.3, -0.25) is 0 Å². The first-order chi connectivity index (χ1) is 14.8. The second kappa shape index (κ2) is 11.3. The van der Waals surface area contributed by atoms with E-state index in [1.807, 2.05) is 6.92 Å². The van der Waals surface area contributed by atoms with Gasteiger partial charge in [0.1, 0.15) is 27.3 Å². The molecule has 0 atom stereocenters. The van der Waals surface area contributed by atoms with Crippen LogP contribution in [0.15, 0.2) is 86.0 Å². The van der Waals surface area contributed by atoms with Gasteiger partial charge in [-0.1, -0.05) is 6.07 Å². The Morgan fingerprint density at radius 3 is 2.06 bits per heavy atom. The van der Waals surface area contributed by atoms with Gasteiger partial charge >= 0.3 is 29.6 Å². The Morgan fingerprint density at radius 2 is 1.44 bits per heavy atom. The largest absolute Gasteiger partial charge is 1.00 e. The van der Waals surface area contributed by atoms with E-state index >= 15 is 0 Å². The molecular formula is C21H19N4NaO5S. The summed E-state index contributed by atoms with van der Waals surface area (Å²) in [6, 6.07) is 15.9. The average Bonchev–Trinajstić information content (AvgIpc) is 2.77. The average molecular weight is 462 g/mol. The van der Waals surface area contributed by atoms with Gasteiger partial charge in [0.05, 0.1) is 36.2 Å². The van der Waals surface area contributed by atoms with Crippen LogP contribution in [0, 0.1) is 6.92 Å². The molecule has 0 N–H and O–H groups in total. The zero-order valence-corrected chi connectivity index (χ0v) is 20.8. The third-order valence-electron chi connectivity index (χ3n) is 4.22. The van der Waals surface area contributed by atoms with Crippen LogP contribution >= 0.6 is 0 Å². The fraction of sp³-hybridized carbons (Fsp3) is 0.143. The molecule has 11 heteroatoms. The van der Waals surface area contributed by atoms with E-state index in [-0.39, 0.29) is 40.1 Å². The van der Waals surface area contributed by atoms with E-state index in [9.17, 15) is 13.0 Å². The van der Waals surface area contributed by atoms with Gasteiger partial charge in [-0.25, -0.2) is 8.42 Å². The van der Waals surface area contributed by atoms with Gasteiger partial charge in [0.15, 0.2) is 0 Å². The zero-order valence-electron chi connectivity index (χ0n) is 18.0. The number of methoxy groups -OCH3 is 2. The van der Waals surface area contributed by atoms with Crippen LogP contribution in [-0.2, 0) is 10.1 Å².